The van der Waals surface area contributed by atoms with E-state index in [0.717, 1.165) is 0 Å². The van der Waals surface area contributed by atoms with Crippen molar-refractivity contribution >= 4 is 23.5 Å². The standard InChI is InChI=1S/C23H19NO5/c1-2-29-23(28)15-8-7-9-16(14-15)24-21(25)19-12-5-3-10-17(19)18-11-4-6-13-20(18)22(26)27/h3-14H,2H2,1H3,(H,24,25)(H,26,27)/p-1. The first-order valence-electron chi connectivity index (χ1n) is 8.99. The number of benzene rings is 3. The normalized spacial score (nSPS) is 10.2. The van der Waals surface area contributed by atoms with Gasteiger partial charge in [-0.1, -0.05) is 48.5 Å². The molecule has 6 heteroatoms. The number of aromatic carboxylic acids is 1. The van der Waals surface area contributed by atoms with Crippen molar-refractivity contribution in [1.29, 1.82) is 0 Å². The third-order valence-corrected chi connectivity index (χ3v) is 4.24. The van der Waals surface area contributed by atoms with Gasteiger partial charge in [0.2, 0.25) is 0 Å². The van der Waals surface area contributed by atoms with Crippen molar-refractivity contribution in [3.05, 3.63) is 89.5 Å². The van der Waals surface area contributed by atoms with E-state index >= 15 is 0 Å². The van der Waals surface area contributed by atoms with E-state index in [0.29, 0.717) is 27.9 Å². The van der Waals surface area contributed by atoms with Crippen LogP contribution in [0, 0.1) is 0 Å². The molecule has 0 radical (unpaired) electrons. The molecule has 1 N–H and O–H groups in total. The number of amides is 1. The molecule has 0 aliphatic carbocycles. The van der Waals surface area contributed by atoms with Gasteiger partial charge in [-0.15, -0.1) is 0 Å². The van der Waals surface area contributed by atoms with Gasteiger partial charge >= 0.3 is 5.97 Å². The molecular formula is C23H18NO5-. The molecule has 0 saturated heterocycles. The zero-order valence-corrected chi connectivity index (χ0v) is 15.7. The highest BCUT2D eigenvalue weighted by Crippen LogP contribution is 2.27. The molecule has 3 rings (SSSR count). The van der Waals surface area contributed by atoms with E-state index in [1.165, 1.54) is 12.1 Å². The monoisotopic (exact) mass is 388 g/mol. The topological polar surface area (TPSA) is 95.5 Å². The third kappa shape index (κ3) is 4.50. The molecule has 0 aromatic heterocycles. The first-order valence-corrected chi connectivity index (χ1v) is 8.99. The zero-order chi connectivity index (χ0) is 20.8. The van der Waals surface area contributed by atoms with Gasteiger partial charge in [-0.3, -0.25) is 4.79 Å². The summed E-state index contributed by atoms with van der Waals surface area (Å²) in [4.78, 5) is 36.3. The van der Waals surface area contributed by atoms with Crippen molar-refractivity contribution in [1.82, 2.24) is 0 Å². The maximum atomic E-state index is 12.9. The smallest absolute Gasteiger partial charge is 0.338 e. The lowest BCUT2D eigenvalue weighted by atomic mass is 9.95. The highest BCUT2D eigenvalue weighted by Gasteiger charge is 2.16. The summed E-state index contributed by atoms with van der Waals surface area (Å²) in [5.41, 5.74) is 1.88. The van der Waals surface area contributed by atoms with Gasteiger partial charge in [0, 0.05) is 16.8 Å². The molecule has 0 aliphatic heterocycles. The van der Waals surface area contributed by atoms with Crippen molar-refractivity contribution in [3.8, 4) is 11.1 Å². The number of ether oxygens (including phenoxy) is 1. The van der Waals surface area contributed by atoms with Crippen molar-refractivity contribution in [2.75, 3.05) is 11.9 Å². The van der Waals surface area contributed by atoms with Crippen LogP contribution < -0.4 is 10.4 Å². The predicted molar refractivity (Wildman–Crippen MR) is 107 cm³/mol. The molecule has 3 aromatic rings. The molecule has 1 amide bonds. The van der Waals surface area contributed by atoms with Gasteiger partial charge in [0.15, 0.2) is 0 Å². The predicted octanol–water partition coefficient (Wildman–Crippen LogP) is 3.15. The Bertz CT molecular complexity index is 1070. The minimum atomic E-state index is -1.32. The summed E-state index contributed by atoms with van der Waals surface area (Å²) < 4.78 is 4.97. The van der Waals surface area contributed by atoms with Gasteiger partial charge in [-0.2, -0.15) is 0 Å². The van der Waals surface area contributed by atoms with Crippen LogP contribution in [0.4, 0.5) is 5.69 Å². The fourth-order valence-electron chi connectivity index (χ4n) is 2.95. The summed E-state index contributed by atoms with van der Waals surface area (Å²) in [5, 5.41) is 14.2. The van der Waals surface area contributed by atoms with Crippen LogP contribution in [0.2, 0.25) is 0 Å². The van der Waals surface area contributed by atoms with Crippen molar-refractivity contribution < 1.29 is 24.2 Å². The van der Waals surface area contributed by atoms with Gasteiger partial charge in [0.25, 0.3) is 5.91 Å². The third-order valence-electron chi connectivity index (χ3n) is 4.24. The van der Waals surface area contributed by atoms with Crippen LogP contribution in [0.5, 0.6) is 0 Å². The Hall–Kier alpha value is -3.93. The van der Waals surface area contributed by atoms with Crippen LogP contribution in [0.3, 0.4) is 0 Å². The second-order valence-electron chi connectivity index (χ2n) is 6.13. The van der Waals surface area contributed by atoms with Crippen molar-refractivity contribution in [2.24, 2.45) is 0 Å². The molecule has 0 aliphatic rings. The number of carbonyl (C=O) groups is 3. The van der Waals surface area contributed by atoms with Crippen molar-refractivity contribution in [2.45, 2.75) is 6.92 Å². The van der Waals surface area contributed by atoms with Crippen LogP contribution in [-0.4, -0.2) is 24.5 Å². The molecule has 146 valence electrons. The lowest BCUT2D eigenvalue weighted by Crippen LogP contribution is -2.23. The van der Waals surface area contributed by atoms with E-state index in [1.807, 2.05) is 0 Å². The first-order chi connectivity index (χ1) is 14.0. The zero-order valence-electron chi connectivity index (χ0n) is 15.7. The van der Waals surface area contributed by atoms with Crippen LogP contribution in [0.15, 0.2) is 72.8 Å². The van der Waals surface area contributed by atoms with Crippen LogP contribution in [0.25, 0.3) is 11.1 Å². The van der Waals surface area contributed by atoms with E-state index in [-0.39, 0.29) is 12.2 Å². The van der Waals surface area contributed by atoms with Crippen LogP contribution in [0.1, 0.15) is 38.0 Å². The second-order valence-corrected chi connectivity index (χ2v) is 6.13. The molecular weight excluding hydrogens is 370 g/mol. The molecule has 6 nitrogen and oxygen atoms in total. The summed E-state index contributed by atoms with van der Waals surface area (Å²) in [6.45, 7) is 1.96. The SMILES string of the molecule is CCOC(=O)c1cccc(NC(=O)c2ccccc2-c2ccccc2C(=O)[O-])c1. The average molecular weight is 388 g/mol. The van der Waals surface area contributed by atoms with E-state index in [2.05, 4.69) is 5.32 Å². The summed E-state index contributed by atoms with van der Waals surface area (Å²) in [6.07, 6.45) is 0. The van der Waals surface area contributed by atoms with Gasteiger partial charge in [-0.05, 0) is 42.3 Å². The second kappa shape index (κ2) is 8.84. The lowest BCUT2D eigenvalue weighted by molar-refractivity contribution is -0.254. The Morgan fingerprint density at radius 1 is 0.862 bits per heavy atom. The Balaban J connectivity index is 1.94. The minimum Gasteiger partial charge on any atom is -0.545 e. The van der Waals surface area contributed by atoms with Gasteiger partial charge in [-0.25, -0.2) is 4.79 Å². The maximum absolute atomic E-state index is 12.9. The highest BCUT2D eigenvalue weighted by molar-refractivity contribution is 6.10. The number of nitrogens with one attached hydrogen (secondary N) is 1. The number of carbonyl (C=O) groups excluding carboxylic acids is 3. The molecule has 0 bridgehead atoms. The van der Waals surface area contributed by atoms with Crippen LogP contribution in [-0.2, 0) is 4.74 Å². The number of rotatable bonds is 6. The molecule has 3 aromatic carbocycles. The van der Waals surface area contributed by atoms with Gasteiger partial charge < -0.3 is 20.0 Å². The first kappa shape index (κ1) is 19.8. The Morgan fingerprint density at radius 3 is 2.14 bits per heavy atom. The van der Waals surface area contributed by atoms with E-state index in [1.54, 1.807) is 67.6 Å². The molecule has 0 spiro atoms. The van der Waals surface area contributed by atoms with Crippen LogP contribution >= 0.6 is 0 Å². The fraction of sp³-hybridized carbons (Fsp3) is 0.0870. The summed E-state index contributed by atoms with van der Waals surface area (Å²) in [5.74, 6) is -2.24. The molecule has 0 fully saturated rings. The summed E-state index contributed by atoms with van der Waals surface area (Å²) >= 11 is 0. The number of esters is 1. The largest absolute Gasteiger partial charge is 0.545 e. The Kier molecular flexibility index (Phi) is 6.04. The average Bonchev–Trinajstić information content (AvgIpc) is 2.74. The molecule has 0 atom stereocenters. The molecule has 29 heavy (non-hydrogen) atoms. The lowest BCUT2D eigenvalue weighted by Gasteiger charge is -2.14. The number of carboxylic acid groups (broad SMARTS) is 1. The maximum Gasteiger partial charge on any atom is 0.338 e. The van der Waals surface area contributed by atoms with Gasteiger partial charge in [0.05, 0.1) is 18.1 Å². The number of carboxylic acids is 1. The molecule has 0 heterocycles. The highest BCUT2D eigenvalue weighted by atomic mass is 16.5. The summed E-state index contributed by atoms with van der Waals surface area (Å²) in [7, 11) is 0. The molecule has 0 unspecified atom stereocenters. The van der Waals surface area contributed by atoms with E-state index in [4.69, 9.17) is 4.74 Å². The van der Waals surface area contributed by atoms with Crippen molar-refractivity contribution in [3.63, 3.8) is 0 Å². The summed E-state index contributed by atoms with van der Waals surface area (Å²) in [6, 6.07) is 19.4. The van der Waals surface area contributed by atoms with Gasteiger partial charge in [0.1, 0.15) is 0 Å². The number of hydrogen-bond acceptors (Lipinski definition) is 5. The Morgan fingerprint density at radius 2 is 1.48 bits per heavy atom. The number of hydrogen-bond donors (Lipinski definition) is 1. The number of anilines is 1. The molecule has 0 saturated carbocycles. The Labute approximate surface area is 167 Å². The van der Waals surface area contributed by atoms with E-state index in [9.17, 15) is 19.5 Å². The fourth-order valence-corrected chi connectivity index (χ4v) is 2.95. The van der Waals surface area contributed by atoms with E-state index < -0.39 is 17.8 Å². The minimum absolute atomic E-state index is 0.00272. The quantitative estimate of drug-likeness (QED) is 0.655.